The second-order valence-electron chi connectivity index (χ2n) is 8.43. The summed E-state index contributed by atoms with van der Waals surface area (Å²) in [6.07, 6.45) is 9.51. The summed E-state index contributed by atoms with van der Waals surface area (Å²) in [5.41, 5.74) is 7.07. The maximum atomic E-state index is 6.29. The molecule has 0 aromatic carbocycles. The number of rotatable bonds is 3. The van der Waals surface area contributed by atoms with Crippen molar-refractivity contribution in [2.45, 2.75) is 78.2 Å². The van der Waals surface area contributed by atoms with E-state index >= 15 is 0 Å². The Hall–Kier alpha value is -0.0800. The van der Waals surface area contributed by atoms with Crippen LogP contribution in [0.3, 0.4) is 0 Å². The highest BCUT2D eigenvalue weighted by molar-refractivity contribution is 4.98. The van der Waals surface area contributed by atoms with Crippen LogP contribution in [-0.2, 0) is 0 Å². The average Bonchev–Trinajstić information content (AvgIpc) is 2.77. The third kappa shape index (κ3) is 3.39. The van der Waals surface area contributed by atoms with Gasteiger partial charge in [-0.1, -0.05) is 40.5 Å². The Morgan fingerprint density at radius 1 is 1.15 bits per heavy atom. The van der Waals surface area contributed by atoms with Crippen molar-refractivity contribution in [1.82, 2.24) is 4.90 Å². The Labute approximate surface area is 126 Å². The molecule has 2 rings (SSSR count). The molecule has 0 aromatic heterocycles. The van der Waals surface area contributed by atoms with Gasteiger partial charge < -0.3 is 5.73 Å². The zero-order valence-corrected chi connectivity index (χ0v) is 14.3. The smallest absolute Gasteiger partial charge is 0.0331 e. The molecule has 0 bridgehead atoms. The van der Waals surface area contributed by atoms with Crippen LogP contribution in [0.25, 0.3) is 0 Å². The summed E-state index contributed by atoms with van der Waals surface area (Å²) in [5.74, 6) is 1.79. The standard InChI is InChI=1S/C18H36N2/c1-5-15-9-12-20(13-15)18(14-19)10-6-7-16(8-11-18)17(2,3)4/h15-16H,5-14,19H2,1-4H3. The van der Waals surface area contributed by atoms with E-state index in [4.69, 9.17) is 5.73 Å². The fraction of sp³-hybridized carbons (Fsp3) is 1.00. The molecule has 20 heavy (non-hydrogen) atoms. The fourth-order valence-electron chi connectivity index (χ4n) is 4.50. The highest BCUT2D eigenvalue weighted by Gasteiger charge is 2.41. The molecule has 1 aliphatic carbocycles. The zero-order valence-electron chi connectivity index (χ0n) is 14.3. The quantitative estimate of drug-likeness (QED) is 0.791. The lowest BCUT2D eigenvalue weighted by Gasteiger charge is -2.41. The molecule has 0 aromatic rings. The van der Waals surface area contributed by atoms with E-state index in [0.717, 1.165) is 18.4 Å². The highest BCUT2D eigenvalue weighted by Crippen LogP contribution is 2.42. The number of hydrogen-bond donors (Lipinski definition) is 1. The van der Waals surface area contributed by atoms with Crippen molar-refractivity contribution in [2.24, 2.45) is 23.0 Å². The molecule has 0 amide bonds. The van der Waals surface area contributed by atoms with E-state index in [1.165, 1.54) is 58.0 Å². The predicted molar refractivity (Wildman–Crippen MR) is 87.8 cm³/mol. The molecular formula is C18H36N2. The maximum absolute atomic E-state index is 6.29. The second kappa shape index (κ2) is 6.36. The minimum atomic E-state index is 0.323. The minimum Gasteiger partial charge on any atom is -0.329 e. The van der Waals surface area contributed by atoms with Crippen molar-refractivity contribution in [3.8, 4) is 0 Å². The number of nitrogens with two attached hydrogens (primary N) is 1. The predicted octanol–water partition coefficient (Wildman–Crippen LogP) is 4.04. The summed E-state index contributed by atoms with van der Waals surface area (Å²) >= 11 is 0. The van der Waals surface area contributed by atoms with Crippen molar-refractivity contribution in [3.63, 3.8) is 0 Å². The lowest BCUT2D eigenvalue weighted by atomic mass is 9.76. The Balaban J connectivity index is 2.04. The topological polar surface area (TPSA) is 29.3 Å². The van der Waals surface area contributed by atoms with Crippen molar-refractivity contribution < 1.29 is 0 Å². The lowest BCUT2D eigenvalue weighted by molar-refractivity contribution is 0.0960. The molecule has 1 saturated carbocycles. The van der Waals surface area contributed by atoms with Crippen molar-refractivity contribution in [2.75, 3.05) is 19.6 Å². The molecule has 3 atom stereocenters. The maximum Gasteiger partial charge on any atom is 0.0331 e. The van der Waals surface area contributed by atoms with Gasteiger partial charge in [-0.25, -0.2) is 0 Å². The van der Waals surface area contributed by atoms with Crippen LogP contribution in [-0.4, -0.2) is 30.1 Å². The van der Waals surface area contributed by atoms with E-state index in [2.05, 4.69) is 32.6 Å². The number of likely N-dealkylation sites (tertiary alicyclic amines) is 1. The van der Waals surface area contributed by atoms with Crippen LogP contribution < -0.4 is 5.73 Å². The van der Waals surface area contributed by atoms with E-state index < -0.39 is 0 Å². The summed E-state index contributed by atoms with van der Waals surface area (Å²) < 4.78 is 0. The Kier molecular flexibility index (Phi) is 5.18. The van der Waals surface area contributed by atoms with Gasteiger partial charge in [-0.2, -0.15) is 0 Å². The van der Waals surface area contributed by atoms with Gasteiger partial charge in [0.15, 0.2) is 0 Å². The first-order chi connectivity index (χ1) is 9.41. The summed E-state index contributed by atoms with van der Waals surface area (Å²) in [6.45, 7) is 13.0. The molecule has 2 heteroatoms. The molecule has 0 spiro atoms. The Morgan fingerprint density at radius 3 is 2.45 bits per heavy atom. The second-order valence-corrected chi connectivity index (χ2v) is 8.43. The Morgan fingerprint density at radius 2 is 1.90 bits per heavy atom. The van der Waals surface area contributed by atoms with Gasteiger partial charge in [-0.05, 0) is 55.9 Å². The molecule has 118 valence electrons. The van der Waals surface area contributed by atoms with Crippen LogP contribution in [0, 0.1) is 17.3 Å². The SMILES string of the molecule is CCC1CCN(C2(CN)CCCC(C(C)(C)C)CC2)C1. The molecule has 1 heterocycles. The van der Waals surface area contributed by atoms with Gasteiger partial charge in [0.1, 0.15) is 0 Å². The highest BCUT2D eigenvalue weighted by atomic mass is 15.2. The third-order valence-electron chi connectivity index (χ3n) is 6.29. The lowest BCUT2D eigenvalue weighted by Crippen LogP contribution is -2.52. The van der Waals surface area contributed by atoms with Crippen LogP contribution >= 0.6 is 0 Å². The van der Waals surface area contributed by atoms with E-state index in [0.29, 0.717) is 11.0 Å². The summed E-state index contributed by atoms with van der Waals surface area (Å²) in [7, 11) is 0. The van der Waals surface area contributed by atoms with Gasteiger partial charge in [-0.3, -0.25) is 4.90 Å². The fourth-order valence-corrected chi connectivity index (χ4v) is 4.50. The first kappa shape index (κ1) is 16.3. The molecule has 1 saturated heterocycles. The molecule has 2 nitrogen and oxygen atoms in total. The summed E-state index contributed by atoms with van der Waals surface area (Å²) in [5, 5.41) is 0. The van der Waals surface area contributed by atoms with E-state index in [1.807, 2.05) is 0 Å². The summed E-state index contributed by atoms with van der Waals surface area (Å²) in [6, 6.07) is 0. The minimum absolute atomic E-state index is 0.323. The largest absolute Gasteiger partial charge is 0.329 e. The van der Waals surface area contributed by atoms with E-state index in [9.17, 15) is 0 Å². The zero-order chi connectivity index (χ0) is 14.8. The van der Waals surface area contributed by atoms with Crippen LogP contribution in [0.1, 0.15) is 72.6 Å². The van der Waals surface area contributed by atoms with Gasteiger partial charge in [-0.15, -0.1) is 0 Å². The summed E-state index contributed by atoms with van der Waals surface area (Å²) in [4.78, 5) is 2.77. The average molecular weight is 281 g/mol. The van der Waals surface area contributed by atoms with Crippen molar-refractivity contribution >= 4 is 0 Å². The van der Waals surface area contributed by atoms with Gasteiger partial charge in [0.2, 0.25) is 0 Å². The van der Waals surface area contributed by atoms with Crippen molar-refractivity contribution in [3.05, 3.63) is 0 Å². The molecule has 2 N–H and O–H groups in total. The van der Waals surface area contributed by atoms with Crippen LogP contribution in [0.2, 0.25) is 0 Å². The normalized spacial score (nSPS) is 37.0. The van der Waals surface area contributed by atoms with Crippen molar-refractivity contribution in [1.29, 1.82) is 0 Å². The monoisotopic (exact) mass is 280 g/mol. The molecule has 2 aliphatic rings. The molecule has 2 fully saturated rings. The Bertz CT molecular complexity index is 307. The van der Waals surface area contributed by atoms with Gasteiger partial charge in [0.25, 0.3) is 0 Å². The molecule has 1 aliphatic heterocycles. The van der Waals surface area contributed by atoms with Gasteiger partial charge in [0, 0.05) is 18.6 Å². The third-order valence-corrected chi connectivity index (χ3v) is 6.29. The van der Waals surface area contributed by atoms with Gasteiger partial charge in [0.05, 0.1) is 0 Å². The van der Waals surface area contributed by atoms with Gasteiger partial charge >= 0.3 is 0 Å². The van der Waals surface area contributed by atoms with Crippen LogP contribution in [0.5, 0.6) is 0 Å². The first-order valence-corrected chi connectivity index (χ1v) is 8.86. The number of hydrogen-bond acceptors (Lipinski definition) is 2. The van der Waals surface area contributed by atoms with E-state index in [-0.39, 0.29) is 0 Å². The molecular weight excluding hydrogens is 244 g/mol. The molecule has 0 radical (unpaired) electrons. The number of nitrogens with zero attached hydrogens (tertiary/aromatic N) is 1. The van der Waals surface area contributed by atoms with Crippen LogP contribution in [0.4, 0.5) is 0 Å². The molecule has 3 unspecified atom stereocenters. The van der Waals surface area contributed by atoms with E-state index in [1.54, 1.807) is 0 Å². The first-order valence-electron chi connectivity index (χ1n) is 8.86. The van der Waals surface area contributed by atoms with Crippen LogP contribution in [0.15, 0.2) is 0 Å².